The van der Waals surface area contributed by atoms with Crippen molar-refractivity contribution in [3.63, 3.8) is 0 Å². The van der Waals surface area contributed by atoms with E-state index < -0.39 is 18.2 Å². The number of rotatable bonds is 10. The van der Waals surface area contributed by atoms with Crippen LogP contribution < -0.4 is 0 Å². The number of carbonyl (C=O) groups is 2. The van der Waals surface area contributed by atoms with Crippen LogP contribution in [0.1, 0.15) is 75.6 Å². The fourth-order valence-electron chi connectivity index (χ4n) is 2.87. The molecule has 30 heavy (non-hydrogen) atoms. The summed E-state index contributed by atoms with van der Waals surface area (Å²) < 4.78 is 0. The van der Waals surface area contributed by atoms with Crippen LogP contribution in [-0.2, 0) is 19.6 Å². The third-order valence-corrected chi connectivity index (χ3v) is 4.73. The molecule has 0 aliphatic carbocycles. The SMILES string of the molecule is CCCCCC(OOC(=O)c1cc(C)ccc1C)OOC(=O)c1cc(C)ccc1C. The zero-order chi connectivity index (χ0) is 22.1. The number of hydrogen-bond donors (Lipinski definition) is 0. The van der Waals surface area contributed by atoms with Gasteiger partial charge in [-0.2, -0.15) is 0 Å². The van der Waals surface area contributed by atoms with Gasteiger partial charge in [0.15, 0.2) is 0 Å². The maximum atomic E-state index is 12.4. The second-order valence-corrected chi connectivity index (χ2v) is 7.50. The summed E-state index contributed by atoms with van der Waals surface area (Å²) in [5.41, 5.74) is 4.25. The van der Waals surface area contributed by atoms with E-state index in [0.29, 0.717) is 17.5 Å². The van der Waals surface area contributed by atoms with E-state index in [-0.39, 0.29) is 0 Å². The maximum Gasteiger partial charge on any atom is 0.373 e. The smallest absolute Gasteiger partial charge is 0.290 e. The minimum absolute atomic E-state index is 0.411. The van der Waals surface area contributed by atoms with Gasteiger partial charge in [-0.05, 0) is 57.4 Å². The van der Waals surface area contributed by atoms with Crippen LogP contribution in [0.25, 0.3) is 0 Å². The van der Waals surface area contributed by atoms with Crippen molar-refractivity contribution in [1.29, 1.82) is 0 Å². The molecule has 0 saturated carbocycles. The number of carbonyl (C=O) groups excluding carboxylic acids is 2. The van der Waals surface area contributed by atoms with Gasteiger partial charge in [-0.3, -0.25) is 9.78 Å². The molecule has 0 aliphatic rings. The van der Waals surface area contributed by atoms with Crippen molar-refractivity contribution in [3.05, 3.63) is 69.8 Å². The molecular formula is C24H30O6. The maximum absolute atomic E-state index is 12.4. The molecule has 0 fully saturated rings. The molecule has 2 rings (SSSR count). The first-order valence-electron chi connectivity index (χ1n) is 10.2. The van der Waals surface area contributed by atoms with E-state index in [1.165, 1.54) is 0 Å². The summed E-state index contributed by atoms with van der Waals surface area (Å²) in [6.07, 6.45) is 2.10. The van der Waals surface area contributed by atoms with E-state index in [1.807, 2.05) is 52.0 Å². The Kier molecular flexibility index (Phi) is 9.02. The Balaban J connectivity index is 1.99. The van der Waals surface area contributed by atoms with E-state index in [1.54, 1.807) is 12.1 Å². The molecule has 0 radical (unpaired) electrons. The van der Waals surface area contributed by atoms with Crippen LogP contribution in [0.5, 0.6) is 0 Å². The Morgan fingerprint density at radius 1 is 0.767 bits per heavy atom. The van der Waals surface area contributed by atoms with Gasteiger partial charge in [0.05, 0.1) is 11.1 Å². The van der Waals surface area contributed by atoms with E-state index in [9.17, 15) is 9.59 Å². The van der Waals surface area contributed by atoms with Crippen LogP contribution in [0.4, 0.5) is 0 Å². The Hall–Kier alpha value is -2.70. The number of hydrogen-bond acceptors (Lipinski definition) is 6. The highest BCUT2D eigenvalue weighted by molar-refractivity contribution is 5.91. The lowest BCUT2D eigenvalue weighted by Gasteiger charge is -2.16. The van der Waals surface area contributed by atoms with Gasteiger partial charge in [0, 0.05) is 6.42 Å². The van der Waals surface area contributed by atoms with Crippen LogP contribution in [0.2, 0.25) is 0 Å². The largest absolute Gasteiger partial charge is 0.373 e. The molecule has 0 aliphatic heterocycles. The van der Waals surface area contributed by atoms with E-state index in [0.717, 1.165) is 41.5 Å². The second-order valence-electron chi connectivity index (χ2n) is 7.50. The van der Waals surface area contributed by atoms with Crippen molar-refractivity contribution in [1.82, 2.24) is 0 Å². The predicted octanol–water partition coefficient (Wildman–Crippen LogP) is 5.70. The summed E-state index contributed by atoms with van der Waals surface area (Å²) in [7, 11) is 0. The highest BCUT2D eigenvalue weighted by Gasteiger charge is 2.21. The quantitative estimate of drug-likeness (QED) is 0.215. The normalized spacial score (nSPS) is 10.9. The van der Waals surface area contributed by atoms with Crippen molar-refractivity contribution in [2.45, 2.75) is 66.6 Å². The first-order valence-corrected chi connectivity index (χ1v) is 10.2. The van der Waals surface area contributed by atoms with Crippen LogP contribution in [-0.4, -0.2) is 18.2 Å². The van der Waals surface area contributed by atoms with Crippen LogP contribution in [0.3, 0.4) is 0 Å². The van der Waals surface area contributed by atoms with Gasteiger partial charge in [-0.1, -0.05) is 55.2 Å². The molecular weight excluding hydrogens is 384 g/mol. The van der Waals surface area contributed by atoms with Gasteiger partial charge >= 0.3 is 11.9 Å². The van der Waals surface area contributed by atoms with Gasteiger partial charge in [-0.25, -0.2) is 9.59 Å². The van der Waals surface area contributed by atoms with Gasteiger partial charge < -0.3 is 0 Å². The topological polar surface area (TPSA) is 71.1 Å². The van der Waals surface area contributed by atoms with Crippen molar-refractivity contribution >= 4 is 11.9 Å². The van der Waals surface area contributed by atoms with Crippen molar-refractivity contribution < 1.29 is 29.1 Å². The summed E-state index contributed by atoms with van der Waals surface area (Å²) in [6, 6.07) is 11.0. The molecule has 2 aromatic carbocycles. The minimum Gasteiger partial charge on any atom is -0.290 e. The van der Waals surface area contributed by atoms with Gasteiger partial charge in [0.25, 0.3) is 0 Å². The molecule has 0 aromatic heterocycles. The molecule has 0 unspecified atom stereocenters. The molecule has 0 amide bonds. The average Bonchev–Trinajstić information content (AvgIpc) is 2.72. The summed E-state index contributed by atoms with van der Waals surface area (Å²) in [4.78, 5) is 45.1. The fourth-order valence-corrected chi connectivity index (χ4v) is 2.87. The molecule has 0 atom stereocenters. The Morgan fingerprint density at radius 2 is 1.23 bits per heavy atom. The Labute approximate surface area is 178 Å². The van der Waals surface area contributed by atoms with Crippen LogP contribution in [0, 0.1) is 27.7 Å². The van der Waals surface area contributed by atoms with Crippen LogP contribution >= 0.6 is 0 Å². The molecule has 0 N–H and O–H groups in total. The van der Waals surface area contributed by atoms with Gasteiger partial charge in [0.1, 0.15) is 0 Å². The molecule has 2 aromatic rings. The monoisotopic (exact) mass is 414 g/mol. The Morgan fingerprint density at radius 3 is 1.67 bits per heavy atom. The first kappa shape index (κ1) is 23.6. The third-order valence-electron chi connectivity index (χ3n) is 4.73. The molecule has 0 saturated heterocycles. The van der Waals surface area contributed by atoms with E-state index in [4.69, 9.17) is 19.6 Å². The van der Waals surface area contributed by atoms with Gasteiger partial charge in [-0.15, -0.1) is 9.78 Å². The van der Waals surface area contributed by atoms with Crippen molar-refractivity contribution in [2.24, 2.45) is 0 Å². The van der Waals surface area contributed by atoms with Gasteiger partial charge in [0.2, 0.25) is 6.29 Å². The van der Waals surface area contributed by atoms with Crippen molar-refractivity contribution in [3.8, 4) is 0 Å². The lowest BCUT2D eigenvalue weighted by atomic mass is 10.1. The van der Waals surface area contributed by atoms with Crippen LogP contribution in [0.15, 0.2) is 36.4 Å². The first-order chi connectivity index (χ1) is 14.3. The lowest BCUT2D eigenvalue weighted by molar-refractivity contribution is -0.421. The predicted molar refractivity (Wildman–Crippen MR) is 113 cm³/mol. The highest BCUT2D eigenvalue weighted by Crippen LogP contribution is 2.17. The summed E-state index contributed by atoms with van der Waals surface area (Å²) in [5.74, 6) is -1.25. The summed E-state index contributed by atoms with van der Waals surface area (Å²) in [6.45, 7) is 9.48. The zero-order valence-electron chi connectivity index (χ0n) is 18.3. The minimum atomic E-state index is -1.01. The molecule has 162 valence electrons. The molecule has 0 bridgehead atoms. The lowest BCUT2D eigenvalue weighted by Crippen LogP contribution is -2.22. The second kappa shape index (κ2) is 11.5. The Bertz CT molecular complexity index is 806. The molecule has 6 nitrogen and oxygen atoms in total. The van der Waals surface area contributed by atoms with E-state index in [2.05, 4.69) is 6.92 Å². The molecule has 0 heterocycles. The molecule has 0 spiro atoms. The average molecular weight is 414 g/mol. The summed E-state index contributed by atoms with van der Waals surface area (Å²) >= 11 is 0. The molecule has 6 heteroatoms. The summed E-state index contributed by atoms with van der Waals surface area (Å²) in [5, 5.41) is 0. The number of aryl methyl sites for hydroxylation is 4. The highest BCUT2D eigenvalue weighted by atomic mass is 17.3. The number of benzene rings is 2. The fraction of sp³-hybridized carbons (Fsp3) is 0.417. The van der Waals surface area contributed by atoms with Crippen molar-refractivity contribution in [2.75, 3.05) is 0 Å². The number of unbranched alkanes of at least 4 members (excludes halogenated alkanes) is 2. The third kappa shape index (κ3) is 6.97. The zero-order valence-corrected chi connectivity index (χ0v) is 18.3. The standard InChI is InChI=1S/C24H30O6/c1-6-7-8-9-22(27-29-23(25)20-14-16(2)10-12-18(20)4)28-30-24(26)21-15-17(3)11-13-19(21)5/h10-15,22H,6-9H2,1-5H3. The van der Waals surface area contributed by atoms with E-state index >= 15 is 0 Å².